The Labute approximate surface area is 442 Å². The highest BCUT2D eigenvalue weighted by molar-refractivity contribution is 6.39. The van der Waals surface area contributed by atoms with Crippen molar-refractivity contribution in [2.45, 2.75) is 0 Å². The molecule has 0 spiro atoms. The van der Waals surface area contributed by atoms with Crippen molar-refractivity contribution in [2.24, 2.45) is 0 Å². The molecule has 8 amide bonds. The van der Waals surface area contributed by atoms with Crippen molar-refractivity contribution in [2.75, 3.05) is 19.6 Å². The van der Waals surface area contributed by atoms with Crippen molar-refractivity contribution < 1.29 is 47.2 Å². The Kier molecular flexibility index (Phi) is 9.34. The first kappa shape index (κ1) is 44.8. The maximum Gasteiger partial charge on any atom is 0.332 e. The number of hydrogen-bond acceptors (Lipinski definition) is 14. The van der Waals surface area contributed by atoms with E-state index < -0.39 is 47.3 Å². The number of hydrogen-bond donors (Lipinski definition) is 1. The number of anilines is 4. The molecule has 4 aliphatic rings. The summed E-state index contributed by atoms with van der Waals surface area (Å²) in [6.45, 7) is 0. The first-order chi connectivity index (χ1) is 38.5. The van der Waals surface area contributed by atoms with Gasteiger partial charge in [-0.25, -0.2) is 9.80 Å². The summed E-state index contributed by atoms with van der Waals surface area (Å²) in [5.41, 5.74) is 5.20. The molecule has 0 atom stereocenters. The number of carbonyl (C=O) groups excluding carboxylic acids is 8. The van der Waals surface area contributed by atoms with E-state index in [0.29, 0.717) is 55.2 Å². The van der Waals surface area contributed by atoms with Crippen LogP contribution >= 0.6 is 0 Å². The number of nitrogens with one attached hydrogen (secondary N) is 1. The van der Waals surface area contributed by atoms with Crippen LogP contribution in [0.25, 0.3) is 67.0 Å². The molecule has 0 radical (unpaired) electrons. The average molecular weight is 1040 g/mol. The van der Waals surface area contributed by atoms with E-state index in [9.17, 15) is 38.4 Å². The minimum atomic E-state index is -0.702. The van der Waals surface area contributed by atoms with Gasteiger partial charge in [0.2, 0.25) is 11.8 Å². The van der Waals surface area contributed by atoms with Gasteiger partial charge in [0.15, 0.2) is 0 Å². The van der Waals surface area contributed by atoms with Gasteiger partial charge in [0.25, 0.3) is 47.3 Å². The highest BCUT2D eigenvalue weighted by Crippen LogP contribution is 2.42. The third-order valence-electron chi connectivity index (χ3n) is 14.6. The zero-order valence-corrected chi connectivity index (χ0v) is 40.3. The number of nitrogens with zero attached hydrogens (tertiary/aromatic N) is 8. The van der Waals surface area contributed by atoms with Crippen LogP contribution in [0.1, 0.15) is 82.9 Å². The summed E-state index contributed by atoms with van der Waals surface area (Å²) >= 11 is 0. The van der Waals surface area contributed by atoms with E-state index in [1.807, 2.05) is 12.1 Å². The Balaban J connectivity index is 0.711. The first-order valence-electron chi connectivity index (χ1n) is 24.4. The lowest BCUT2D eigenvalue weighted by Gasteiger charge is -2.15. The summed E-state index contributed by atoms with van der Waals surface area (Å²) < 4.78 is 11.5. The molecular weight excluding hydrogens is 1010 g/mol. The highest BCUT2D eigenvalue weighted by atomic mass is 16.4. The largest absolute Gasteiger partial charge is 0.403 e. The lowest BCUT2D eigenvalue weighted by Crippen LogP contribution is -2.29. The fraction of sp³-hybridized carbons (Fsp3) is 0. The Hall–Kier alpha value is -11.6. The number of aromatic nitrogens is 5. The van der Waals surface area contributed by atoms with E-state index in [1.165, 1.54) is 30.3 Å². The fourth-order valence-electron chi connectivity index (χ4n) is 10.8. The predicted molar refractivity (Wildman–Crippen MR) is 284 cm³/mol. The van der Waals surface area contributed by atoms with Gasteiger partial charge in [-0.15, -0.1) is 10.2 Å². The third-order valence-corrected chi connectivity index (χ3v) is 14.6. The summed E-state index contributed by atoms with van der Waals surface area (Å²) in [5.74, 6) is -4.91. The molecule has 0 aliphatic carbocycles. The minimum absolute atomic E-state index is 0.0445. The second-order valence-electron chi connectivity index (χ2n) is 18.9. The van der Waals surface area contributed by atoms with Crippen LogP contribution in [-0.2, 0) is 0 Å². The number of benzene rings is 8. The van der Waals surface area contributed by atoms with Crippen molar-refractivity contribution in [1.29, 1.82) is 0 Å². The second kappa shape index (κ2) is 16.4. The Morgan fingerprint density at radius 1 is 0.304 bits per heavy atom. The van der Waals surface area contributed by atoms with Gasteiger partial charge in [0, 0.05) is 32.9 Å². The number of rotatable bonds is 8. The number of aromatic amines is 1. The van der Waals surface area contributed by atoms with Crippen molar-refractivity contribution >= 4 is 92.5 Å². The van der Waals surface area contributed by atoms with Crippen LogP contribution in [0.15, 0.2) is 179 Å². The van der Waals surface area contributed by atoms with Gasteiger partial charge in [-0.2, -0.15) is 9.80 Å². The molecule has 0 saturated carbocycles. The second-order valence-corrected chi connectivity index (χ2v) is 18.9. The van der Waals surface area contributed by atoms with Gasteiger partial charge in [0.1, 0.15) is 0 Å². The molecule has 374 valence electrons. The topological polar surface area (TPSA) is 243 Å². The van der Waals surface area contributed by atoms with Gasteiger partial charge in [0.05, 0.1) is 55.9 Å². The predicted octanol–water partition coefficient (Wildman–Crippen LogP) is 9.96. The van der Waals surface area contributed by atoms with E-state index in [1.54, 1.807) is 127 Å². The molecule has 79 heavy (non-hydrogen) atoms. The number of carbonyl (C=O) groups is 8. The van der Waals surface area contributed by atoms with Crippen molar-refractivity contribution in [3.8, 4) is 45.2 Å². The van der Waals surface area contributed by atoms with E-state index in [4.69, 9.17) is 8.83 Å². The van der Waals surface area contributed by atoms with Crippen molar-refractivity contribution in [3.63, 3.8) is 0 Å². The molecule has 4 aliphatic heterocycles. The molecule has 15 rings (SSSR count). The third kappa shape index (κ3) is 6.46. The average Bonchev–Trinajstić information content (AvgIpc) is 4.57. The quantitative estimate of drug-likeness (QED) is 0.139. The molecular formula is C60H29N9O10. The summed E-state index contributed by atoms with van der Waals surface area (Å²) in [6.07, 6.45) is 0. The standard InChI is InChI=1S/C60H29N9O10/c70-51-37-21-17-31(36-14-8-16-40-48(36)58(77)69(54(40)73)60-65-63-50(79-60)30-11-5-2-6-12-30)25-43(37)55(74)66(51)33-19-23-45-41(27-33)42-28-34(20-24-46(42)61-45)67-53(72)39-15-7-13-35(47(39)57(67)76)32-18-22-38-44(26-32)56(75)68(52(38)71)59-64-62-49(78-59)29-9-3-1-4-10-29/h1-28,61H. The van der Waals surface area contributed by atoms with E-state index in [-0.39, 0.29) is 79.7 Å². The highest BCUT2D eigenvalue weighted by Gasteiger charge is 2.45. The summed E-state index contributed by atoms with van der Waals surface area (Å²) in [5, 5.41) is 17.2. The molecule has 19 heteroatoms. The normalized spacial score (nSPS) is 14.7. The SMILES string of the molecule is O=C1c2ccc(-c3cccc4c3C(=O)N(c3nnc(-c5ccccc5)o3)C4=O)cc2C(=O)N1c1ccc2[nH]c3ccc(N4C(=O)c5cccc(-c6ccc7c(c6)C(=O)N(c6nnc(-c8ccccc8)o6)C7=O)c5C4=O)cc3c2c1. The molecule has 1 N–H and O–H groups in total. The molecule has 3 aromatic heterocycles. The van der Waals surface area contributed by atoms with Crippen LogP contribution in [0, 0.1) is 0 Å². The van der Waals surface area contributed by atoms with Crippen LogP contribution in [0.5, 0.6) is 0 Å². The molecule has 7 heterocycles. The molecule has 0 bridgehead atoms. The minimum Gasteiger partial charge on any atom is -0.403 e. The Bertz CT molecular complexity index is 4660. The van der Waals surface area contributed by atoms with Crippen LogP contribution in [0.2, 0.25) is 0 Å². The zero-order chi connectivity index (χ0) is 53.5. The summed E-state index contributed by atoms with van der Waals surface area (Å²) in [6, 6.07) is 46.1. The molecule has 8 aromatic carbocycles. The van der Waals surface area contributed by atoms with Gasteiger partial charge >= 0.3 is 12.0 Å². The maximum atomic E-state index is 14.6. The number of fused-ring (bicyclic) bond motifs is 7. The Morgan fingerprint density at radius 2 is 0.696 bits per heavy atom. The summed E-state index contributed by atoms with van der Waals surface area (Å²) in [4.78, 5) is 120. The number of amides is 8. The number of imide groups is 4. The van der Waals surface area contributed by atoms with Crippen LogP contribution in [0.3, 0.4) is 0 Å². The lowest BCUT2D eigenvalue weighted by atomic mass is 9.94. The van der Waals surface area contributed by atoms with Crippen LogP contribution in [-0.4, -0.2) is 72.6 Å². The lowest BCUT2D eigenvalue weighted by molar-refractivity contribution is 0.0902. The smallest absolute Gasteiger partial charge is 0.332 e. The zero-order valence-electron chi connectivity index (χ0n) is 40.3. The molecule has 0 unspecified atom stereocenters. The maximum absolute atomic E-state index is 14.6. The molecule has 11 aromatic rings. The summed E-state index contributed by atoms with van der Waals surface area (Å²) in [7, 11) is 0. The van der Waals surface area contributed by atoms with E-state index in [0.717, 1.165) is 19.6 Å². The van der Waals surface area contributed by atoms with Crippen molar-refractivity contribution in [3.05, 3.63) is 214 Å². The van der Waals surface area contributed by atoms with Gasteiger partial charge in [-0.1, -0.05) is 83.0 Å². The van der Waals surface area contributed by atoms with Crippen LogP contribution in [0.4, 0.5) is 23.4 Å². The van der Waals surface area contributed by atoms with Gasteiger partial charge < -0.3 is 13.8 Å². The molecule has 0 fully saturated rings. The monoisotopic (exact) mass is 1040 g/mol. The van der Waals surface area contributed by atoms with E-state index >= 15 is 0 Å². The van der Waals surface area contributed by atoms with E-state index in [2.05, 4.69) is 25.4 Å². The molecule has 19 nitrogen and oxygen atoms in total. The van der Waals surface area contributed by atoms with Gasteiger partial charge in [-0.05, 0) is 119 Å². The van der Waals surface area contributed by atoms with Crippen LogP contribution < -0.4 is 19.6 Å². The van der Waals surface area contributed by atoms with Gasteiger partial charge in [-0.3, -0.25) is 38.4 Å². The Morgan fingerprint density at radius 3 is 1.20 bits per heavy atom. The number of H-pyrrole nitrogens is 1. The first-order valence-corrected chi connectivity index (χ1v) is 24.4. The molecule has 0 saturated heterocycles. The fourth-order valence-corrected chi connectivity index (χ4v) is 10.8. The van der Waals surface area contributed by atoms with Crippen molar-refractivity contribution in [1.82, 2.24) is 25.4 Å².